The minimum Gasteiger partial charge on any atom is -0.331 e. The molecule has 3 rings (SSSR count). The summed E-state index contributed by atoms with van der Waals surface area (Å²) in [7, 11) is 0. The van der Waals surface area contributed by atoms with Crippen LogP contribution in [0.5, 0.6) is 0 Å². The van der Waals surface area contributed by atoms with E-state index < -0.39 is 0 Å². The van der Waals surface area contributed by atoms with Gasteiger partial charge in [0.1, 0.15) is 0 Å². The van der Waals surface area contributed by atoms with Crippen molar-refractivity contribution in [2.75, 3.05) is 6.54 Å². The van der Waals surface area contributed by atoms with Crippen molar-refractivity contribution in [1.82, 2.24) is 19.9 Å². The molecule has 1 aromatic carbocycles. The van der Waals surface area contributed by atoms with Crippen LogP contribution in [0.1, 0.15) is 12.0 Å². The number of para-hydroxylation sites is 2. The quantitative estimate of drug-likeness (QED) is 0.697. The number of pyridine rings is 1. The van der Waals surface area contributed by atoms with Gasteiger partial charge in [-0.15, -0.1) is 0 Å². The molecule has 102 valence electrons. The number of hydrogen-bond acceptors (Lipinski definition) is 3. The van der Waals surface area contributed by atoms with Crippen LogP contribution in [0.3, 0.4) is 0 Å². The minimum absolute atomic E-state index is 0.896. The molecule has 4 nitrogen and oxygen atoms in total. The van der Waals surface area contributed by atoms with E-state index in [4.69, 9.17) is 0 Å². The van der Waals surface area contributed by atoms with Crippen molar-refractivity contribution in [3.63, 3.8) is 0 Å². The van der Waals surface area contributed by atoms with Crippen LogP contribution >= 0.6 is 0 Å². The Kier molecular flexibility index (Phi) is 4.04. The van der Waals surface area contributed by atoms with Gasteiger partial charge in [-0.1, -0.05) is 12.1 Å². The Balaban J connectivity index is 1.46. The van der Waals surface area contributed by atoms with Crippen LogP contribution in [0, 0.1) is 0 Å². The zero-order chi connectivity index (χ0) is 13.6. The highest BCUT2D eigenvalue weighted by Crippen LogP contribution is 2.11. The third kappa shape index (κ3) is 3.03. The van der Waals surface area contributed by atoms with E-state index in [9.17, 15) is 0 Å². The van der Waals surface area contributed by atoms with Gasteiger partial charge < -0.3 is 9.88 Å². The molecular weight excluding hydrogens is 248 g/mol. The monoisotopic (exact) mass is 266 g/mol. The number of nitrogens with one attached hydrogen (secondary N) is 1. The SMILES string of the molecule is c1ccc2c(c1)ncn2CCCNCc1ccncc1. The van der Waals surface area contributed by atoms with Crippen molar-refractivity contribution in [3.05, 3.63) is 60.7 Å². The lowest BCUT2D eigenvalue weighted by Crippen LogP contribution is -2.16. The van der Waals surface area contributed by atoms with Crippen LogP contribution in [0.4, 0.5) is 0 Å². The fraction of sp³-hybridized carbons (Fsp3) is 0.250. The fourth-order valence-electron chi connectivity index (χ4n) is 2.30. The Hall–Kier alpha value is -2.20. The van der Waals surface area contributed by atoms with Crippen LogP contribution in [-0.2, 0) is 13.1 Å². The van der Waals surface area contributed by atoms with E-state index in [-0.39, 0.29) is 0 Å². The first kappa shape index (κ1) is 12.8. The topological polar surface area (TPSA) is 42.7 Å². The third-order valence-electron chi connectivity index (χ3n) is 3.36. The summed E-state index contributed by atoms with van der Waals surface area (Å²) in [6.45, 7) is 2.88. The smallest absolute Gasteiger partial charge is 0.0958 e. The summed E-state index contributed by atoms with van der Waals surface area (Å²) < 4.78 is 2.21. The van der Waals surface area contributed by atoms with Crippen molar-refractivity contribution in [2.45, 2.75) is 19.5 Å². The molecule has 0 bridgehead atoms. The average molecular weight is 266 g/mol. The summed E-state index contributed by atoms with van der Waals surface area (Å²) in [5.41, 5.74) is 3.55. The second-order valence-electron chi connectivity index (χ2n) is 4.81. The molecule has 0 aliphatic heterocycles. The molecular formula is C16H18N4. The number of aromatic nitrogens is 3. The average Bonchev–Trinajstić information content (AvgIpc) is 2.91. The van der Waals surface area contributed by atoms with E-state index >= 15 is 0 Å². The number of rotatable bonds is 6. The summed E-state index contributed by atoms with van der Waals surface area (Å²) in [5, 5.41) is 3.45. The summed E-state index contributed by atoms with van der Waals surface area (Å²) >= 11 is 0. The molecule has 0 amide bonds. The summed E-state index contributed by atoms with van der Waals surface area (Å²) in [4.78, 5) is 8.42. The molecule has 3 aromatic rings. The lowest BCUT2D eigenvalue weighted by Gasteiger charge is -2.06. The zero-order valence-electron chi connectivity index (χ0n) is 11.4. The summed E-state index contributed by atoms with van der Waals surface area (Å²) in [6.07, 6.45) is 6.67. The highest BCUT2D eigenvalue weighted by molar-refractivity contribution is 5.74. The molecule has 0 spiro atoms. The predicted octanol–water partition coefficient (Wildman–Crippen LogP) is 2.61. The number of imidazole rings is 1. The number of aryl methyl sites for hydroxylation is 1. The van der Waals surface area contributed by atoms with Gasteiger partial charge in [0.2, 0.25) is 0 Å². The van der Waals surface area contributed by atoms with E-state index in [1.165, 1.54) is 11.1 Å². The molecule has 0 unspecified atom stereocenters. The molecule has 0 aliphatic carbocycles. The predicted molar refractivity (Wildman–Crippen MR) is 80.3 cm³/mol. The molecule has 0 fully saturated rings. The van der Waals surface area contributed by atoms with Crippen molar-refractivity contribution < 1.29 is 0 Å². The van der Waals surface area contributed by atoms with E-state index in [0.29, 0.717) is 0 Å². The number of hydrogen-bond donors (Lipinski definition) is 1. The van der Waals surface area contributed by atoms with E-state index in [1.807, 2.05) is 43.0 Å². The van der Waals surface area contributed by atoms with E-state index in [2.05, 4.69) is 32.0 Å². The van der Waals surface area contributed by atoms with Gasteiger partial charge in [-0.2, -0.15) is 0 Å². The Bertz CT molecular complexity index is 660. The normalized spacial score (nSPS) is 11.0. The molecule has 4 heteroatoms. The van der Waals surface area contributed by atoms with Crippen molar-refractivity contribution in [2.24, 2.45) is 0 Å². The molecule has 0 radical (unpaired) electrons. The fourth-order valence-corrected chi connectivity index (χ4v) is 2.30. The van der Waals surface area contributed by atoms with Gasteiger partial charge in [-0.05, 0) is 42.8 Å². The largest absolute Gasteiger partial charge is 0.331 e. The van der Waals surface area contributed by atoms with Gasteiger partial charge in [0.25, 0.3) is 0 Å². The highest BCUT2D eigenvalue weighted by atomic mass is 15.0. The van der Waals surface area contributed by atoms with Gasteiger partial charge in [0.15, 0.2) is 0 Å². The first-order valence-electron chi connectivity index (χ1n) is 6.93. The lowest BCUT2D eigenvalue weighted by atomic mass is 10.2. The highest BCUT2D eigenvalue weighted by Gasteiger charge is 2.00. The Morgan fingerprint density at radius 2 is 1.90 bits per heavy atom. The third-order valence-corrected chi connectivity index (χ3v) is 3.36. The Labute approximate surface area is 118 Å². The van der Waals surface area contributed by atoms with Gasteiger partial charge in [0.05, 0.1) is 17.4 Å². The van der Waals surface area contributed by atoms with E-state index in [1.54, 1.807) is 0 Å². The van der Waals surface area contributed by atoms with Gasteiger partial charge >= 0.3 is 0 Å². The first-order valence-corrected chi connectivity index (χ1v) is 6.93. The molecule has 2 aromatic heterocycles. The maximum Gasteiger partial charge on any atom is 0.0958 e. The Morgan fingerprint density at radius 1 is 1.05 bits per heavy atom. The van der Waals surface area contributed by atoms with Gasteiger partial charge in [0, 0.05) is 25.5 Å². The number of benzene rings is 1. The van der Waals surface area contributed by atoms with Crippen LogP contribution in [-0.4, -0.2) is 21.1 Å². The van der Waals surface area contributed by atoms with Gasteiger partial charge in [-0.25, -0.2) is 4.98 Å². The molecule has 0 saturated carbocycles. The maximum absolute atomic E-state index is 4.40. The van der Waals surface area contributed by atoms with Crippen LogP contribution < -0.4 is 5.32 Å². The number of fused-ring (bicyclic) bond motifs is 1. The first-order chi connectivity index (χ1) is 9.93. The second-order valence-corrected chi connectivity index (χ2v) is 4.81. The minimum atomic E-state index is 0.896. The van der Waals surface area contributed by atoms with Crippen LogP contribution in [0.15, 0.2) is 55.1 Å². The van der Waals surface area contributed by atoms with Crippen LogP contribution in [0.2, 0.25) is 0 Å². The second kappa shape index (κ2) is 6.30. The summed E-state index contributed by atoms with van der Waals surface area (Å²) in [6, 6.07) is 12.3. The molecule has 20 heavy (non-hydrogen) atoms. The molecule has 0 atom stereocenters. The zero-order valence-corrected chi connectivity index (χ0v) is 11.4. The van der Waals surface area contributed by atoms with Crippen molar-refractivity contribution in [1.29, 1.82) is 0 Å². The van der Waals surface area contributed by atoms with Crippen molar-refractivity contribution in [3.8, 4) is 0 Å². The lowest BCUT2D eigenvalue weighted by molar-refractivity contribution is 0.588. The van der Waals surface area contributed by atoms with E-state index in [0.717, 1.165) is 31.6 Å². The molecule has 2 heterocycles. The Morgan fingerprint density at radius 3 is 2.80 bits per heavy atom. The van der Waals surface area contributed by atoms with Gasteiger partial charge in [-0.3, -0.25) is 4.98 Å². The van der Waals surface area contributed by atoms with Crippen LogP contribution in [0.25, 0.3) is 11.0 Å². The summed E-state index contributed by atoms with van der Waals surface area (Å²) in [5.74, 6) is 0. The molecule has 0 aliphatic rings. The molecule has 1 N–H and O–H groups in total. The maximum atomic E-state index is 4.40. The number of nitrogens with zero attached hydrogens (tertiary/aromatic N) is 3. The van der Waals surface area contributed by atoms with Crippen molar-refractivity contribution >= 4 is 11.0 Å². The molecule has 0 saturated heterocycles. The standard InChI is InChI=1S/C16H18N4/c1-2-5-16-15(4-1)19-13-20(16)11-3-8-18-12-14-6-9-17-10-7-14/h1-2,4-7,9-10,13,18H,3,8,11-12H2.